The Bertz CT molecular complexity index is 318. The molecule has 20 heavy (non-hydrogen) atoms. The Labute approximate surface area is 123 Å². The molecule has 0 bridgehead atoms. The van der Waals surface area contributed by atoms with Crippen LogP contribution in [-0.4, -0.2) is 74.1 Å². The minimum absolute atomic E-state index is 0.179. The summed E-state index contributed by atoms with van der Waals surface area (Å²) in [7, 11) is 2.17. The summed E-state index contributed by atoms with van der Waals surface area (Å²) in [5.41, 5.74) is -0.395. The van der Waals surface area contributed by atoms with Crippen LogP contribution in [0, 0.1) is 5.92 Å². The fraction of sp³-hybridized carbons (Fsp3) is 0.933. The molecule has 2 heterocycles. The number of hydrogen-bond acceptors (Lipinski definition) is 4. The maximum absolute atomic E-state index is 12.5. The average molecular weight is 282 g/mol. The van der Waals surface area contributed by atoms with E-state index in [0.717, 1.165) is 45.8 Å². The highest BCUT2D eigenvalue weighted by molar-refractivity contribution is 5.85. The minimum Gasteiger partial charge on any atom is -0.354 e. The summed E-state index contributed by atoms with van der Waals surface area (Å²) < 4.78 is 0. The molecular formula is C15H30N4O. The van der Waals surface area contributed by atoms with Crippen molar-refractivity contribution in [3.63, 3.8) is 0 Å². The number of carbonyl (C=O) groups is 1. The van der Waals surface area contributed by atoms with Gasteiger partial charge in [-0.05, 0) is 52.7 Å². The van der Waals surface area contributed by atoms with Crippen molar-refractivity contribution >= 4 is 5.91 Å². The number of piperidine rings is 1. The Morgan fingerprint density at radius 2 is 1.80 bits per heavy atom. The smallest absolute Gasteiger partial charge is 0.239 e. The molecule has 0 atom stereocenters. The molecule has 2 fully saturated rings. The number of nitrogens with zero attached hydrogens (tertiary/aromatic N) is 2. The number of piperazine rings is 1. The maximum atomic E-state index is 12.5. The lowest BCUT2D eigenvalue weighted by Gasteiger charge is -2.40. The normalized spacial score (nSPS) is 23.8. The van der Waals surface area contributed by atoms with Crippen LogP contribution in [0.3, 0.4) is 0 Å². The van der Waals surface area contributed by atoms with E-state index >= 15 is 0 Å². The second-order valence-corrected chi connectivity index (χ2v) is 6.75. The van der Waals surface area contributed by atoms with Gasteiger partial charge in [-0.3, -0.25) is 9.69 Å². The summed E-state index contributed by atoms with van der Waals surface area (Å²) in [5.74, 6) is 0.826. The van der Waals surface area contributed by atoms with Crippen molar-refractivity contribution in [3.8, 4) is 0 Å². The van der Waals surface area contributed by atoms with Gasteiger partial charge in [-0.1, -0.05) is 0 Å². The summed E-state index contributed by atoms with van der Waals surface area (Å²) in [4.78, 5) is 17.1. The first kappa shape index (κ1) is 15.7. The van der Waals surface area contributed by atoms with Crippen molar-refractivity contribution in [3.05, 3.63) is 0 Å². The van der Waals surface area contributed by atoms with Crippen LogP contribution in [0.1, 0.15) is 26.7 Å². The monoisotopic (exact) mass is 282 g/mol. The summed E-state index contributed by atoms with van der Waals surface area (Å²) in [6.07, 6.45) is 2.40. The lowest BCUT2D eigenvalue weighted by Crippen LogP contribution is -2.60. The van der Waals surface area contributed by atoms with E-state index in [1.807, 2.05) is 13.8 Å². The van der Waals surface area contributed by atoms with E-state index in [4.69, 9.17) is 0 Å². The van der Waals surface area contributed by atoms with Gasteiger partial charge in [-0.15, -0.1) is 0 Å². The maximum Gasteiger partial charge on any atom is 0.239 e. The Morgan fingerprint density at radius 1 is 1.20 bits per heavy atom. The molecule has 0 saturated carbocycles. The largest absolute Gasteiger partial charge is 0.354 e. The van der Waals surface area contributed by atoms with E-state index in [1.165, 1.54) is 12.8 Å². The zero-order chi connectivity index (χ0) is 14.6. The first-order valence-corrected chi connectivity index (χ1v) is 7.93. The fourth-order valence-electron chi connectivity index (χ4n) is 3.09. The van der Waals surface area contributed by atoms with Gasteiger partial charge >= 0.3 is 0 Å². The zero-order valence-corrected chi connectivity index (χ0v) is 13.2. The Kier molecular flexibility index (Phi) is 5.41. The quantitative estimate of drug-likeness (QED) is 0.769. The topological polar surface area (TPSA) is 47.6 Å². The van der Waals surface area contributed by atoms with Crippen LogP contribution in [0.2, 0.25) is 0 Å². The summed E-state index contributed by atoms with van der Waals surface area (Å²) >= 11 is 0. The molecule has 2 aliphatic heterocycles. The van der Waals surface area contributed by atoms with Gasteiger partial charge in [-0.25, -0.2) is 0 Å². The van der Waals surface area contributed by atoms with Crippen LogP contribution >= 0.6 is 0 Å². The van der Waals surface area contributed by atoms with E-state index in [2.05, 4.69) is 27.5 Å². The van der Waals surface area contributed by atoms with Gasteiger partial charge in [-0.2, -0.15) is 0 Å². The standard InChI is InChI=1S/C15H30N4O/c1-15(2,19-10-6-16-7-11-19)14(20)17-12-13-4-8-18(3)9-5-13/h13,16H,4-12H2,1-3H3,(H,17,20). The van der Waals surface area contributed by atoms with Crippen molar-refractivity contribution in [2.75, 3.05) is 52.9 Å². The van der Waals surface area contributed by atoms with Crippen LogP contribution in [0.4, 0.5) is 0 Å². The van der Waals surface area contributed by atoms with Crippen LogP contribution in [0.25, 0.3) is 0 Å². The Morgan fingerprint density at radius 3 is 2.40 bits per heavy atom. The molecule has 0 aromatic rings. The van der Waals surface area contributed by atoms with Gasteiger partial charge in [0, 0.05) is 32.7 Å². The van der Waals surface area contributed by atoms with Crippen molar-refractivity contribution in [2.45, 2.75) is 32.2 Å². The SMILES string of the molecule is CN1CCC(CNC(=O)C(C)(C)N2CCNCC2)CC1. The van der Waals surface area contributed by atoms with Crippen LogP contribution in [-0.2, 0) is 4.79 Å². The van der Waals surface area contributed by atoms with E-state index in [1.54, 1.807) is 0 Å². The molecule has 0 aromatic carbocycles. The van der Waals surface area contributed by atoms with E-state index in [9.17, 15) is 4.79 Å². The number of nitrogens with one attached hydrogen (secondary N) is 2. The lowest BCUT2D eigenvalue weighted by atomic mass is 9.95. The molecule has 2 N–H and O–H groups in total. The third-order valence-electron chi connectivity index (χ3n) is 4.85. The van der Waals surface area contributed by atoms with Crippen molar-refractivity contribution in [1.82, 2.24) is 20.4 Å². The molecule has 0 aliphatic carbocycles. The summed E-state index contributed by atoms with van der Waals surface area (Å²) in [5, 5.41) is 6.52. The second kappa shape index (κ2) is 6.87. The highest BCUT2D eigenvalue weighted by Gasteiger charge is 2.35. The molecule has 0 radical (unpaired) electrons. The molecule has 5 nitrogen and oxygen atoms in total. The molecular weight excluding hydrogens is 252 g/mol. The molecule has 0 aromatic heterocycles. The lowest BCUT2D eigenvalue weighted by molar-refractivity contribution is -0.132. The molecule has 0 unspecified atom stereocenters. The Balaban J connectivity index is 1.78. The van der Waals surface area contributed by atoms with Crippen LogP contribution in [0.5, 0.6) is 0 Å². The predicted octanol–water partition coefficient (Wildman–Crippen LogP) is 0.128. The van der Waals surface area contributed by atoms with Crippen molar-refractivity contribution in [1.29, 1.82) is 0 Å². The third kappa shape index (κ3) is 3.93. The van der Waals surface area contributed by atoms with Gasteiger partial charge < -0.3 is 15.5 Å². The minimum atomic E-state index is -0.395. The van der Waals surface area contributed by atoms with Crippen LogP contribution < -0.4 is 10.6 Å². The predicted molar refractivity (Wildman–Crippen MR) is 81.8 cm³/mol. The molecule has 116 valence electrons. The molecule has 1 amide bonds. The van der Waals surface area contributed by atoms with Gasteiger partial charge in [0.25, 0.3) is 0 Å². The summed E-state index contributed by atoms with van der Waals surface area (Å²) in [6.45, 7) is 11.1. The Hall–Kier alpha value is -0.650. The number of amides is 1. The van der Waals surface area contributed by atoms with E-state index in [0.29, 0.717) is 5.92 Å². The average Bonchev–Trinajstić information content (AvgIpc) is 2.47. The molecule has 2 aliphatic rings. The first-order valence-electron chi connectivity index (χ1n) is 7.93. The highest BCUT2D eigenvalue weighted by atomic mass is 16.2. The summed E-state index contributed by atoms with van der Waals surface area (Å²) in [6, 6.07) is 0. The molecule has 5 heteroatoms. The van der Waals surface area contributed by atoms with Crippen molar-refractivity contribution in [2.24, 2.45) is 5.92 Å². The number of likely N-dealkylation sites (tertiary alicyclic amines) is 1. The van der Waals surface area contributed by atoms with Gasteiger partial charge in [0.05, 0.1) is 5.54 Å². The number of carbonyl (C=O) groups excluding carboxylic acids is 1. The van der Waals surface area contributed by atoms with Gasteiger partial charge in [0.15, 0.2) is 0 Å². The van der Waals surface area contributed by atoms with Crippen molar-refractivity contribution < 1.29 is 4.79 Å². The van der Waals surface area contributed by atoms with E-state index in [-0.39, 0.29) is 5.91 Å². The molecule has 2 saturated heterocycles. The fourth-order valence-corrected chi connectivity index (χ4v) is 3.09. The zero-order valence-electron chi connectivity index (χ0n) is 13.2. The number of hydrogen-bond donors (Lipinski definition) is 2. The molecule has 2 rings (SSSR count). The van der Waals surface area contributed by atoms with Gasteiger partial charge in [0.1, 0.15) is 0 Å². The van der Waals surface area contributed by atoms with Gasteiger partial charge in [0.2, 0.25) is 5.91 Å². The van der Waals surface area contributed by atoms with E-state index < -0.39 is 5.54 Å². The highest BCUT2D eigenvalue weighted by Crippen LogP contribution is 2.17. The first-order chi connectivity index (χ1) is 9.50. The third-order valence-corrected chi connectivity index (χ3v) is 4.85. The second-order valence-electron chi connectivity index (χ2n) is 6.75. The molecule has 0 spiro atoms. The van der Waals surface area contributed by atoms with Crippen LogP contribution in [0.15, 0.2) is 0 Å². The number of rotatable bonds is 4.